The molecule has 5 heteroatoms. The summed E-state index contributed by atoms with van der Waals surface area (Å²) in [5.41, 5.74) is 2.83. The molecule has 19 heavy (non-hydrogen) atoms. The molecule has 0 fully saturated rings. The molecule has 0 bridgehead atoms. The number of nitrogens with zero attached hydrogens (tertiary/aromatic N) is 2. The van der Waals surface area contributed by atoms with Gasteiger partial charge in [-0.3, -0.25) is 4.79 Å². The predicted molar refractivity (Wildman–Crippen MR) is 74.4 cm³/mol. The first-order valence-electron chi connectivity index (χ1n) is 6.39. The van der Waals surface area contributed by atoms with Crippen molar-refractivity contribution < 1.29 is 4.79 Å². The van der Waals surface area contributed by atoms with Crippen LogP contribution in [0, 0.1) is 6.92 Å². The molecule has 3 heterocycles. The van der Waals surface area contributed by atoms with E-state index in [9.17, 15) is 4.79 Å². The summed E-state index contributed by atoms with van der Waals surface area (Å²) in [4.78, 5) is 17.5. The van der Waals surface area contributed by atoms with E-state index >= 15 is 0 Å². The lowest BCUT2D eigenvalue weighted by atomic mass is 10.1. The summed E-state index contributed by atoms with van der Waals surface area (Å²) in [6.45, 7) is 5.42. The Labute approximate surface area is 117 Å². The summed E-state index contributed by atoms with van der Waals surface area (Å²) in [7, 11) is 0. The van der Waals surface area contributed by atoms with Gasteiger partial charge in [-0.2, -0.15) is 0 Å². The van der Waals surface area contributed by atoms with E-state index in [0.717, 1.165) is 28.5 Å². The van der Waals surface area contributed by atoms with Gasteiger partial charge < -0.3 is 14.5 Å². The molecular formula is C14H16ClN3O. The van der Waals surface area contributed by atoms with Crippen LogP contribution in [0.5, 0.6) is 0 Å². The quantitative estimate of drug-likeness (QED) is 0.855. The number of halogens is 1. The molecule has 1 amide bonds. The van der Waals surface area contributed by atoms with Crippen LogP contribution in [0.3, 0.4) is 0 Å². The van der Waals surface area contributed by atoms with Crippen LogP contribution in [0.4, 0.5) is 0 Å². The zero-order chi connectivity index (χ0) is 13.6. The number of rotatable bonds is 1. The van der Waals surface area contributed by atoms with Gasteiger partial charge in [-0.15, -0.1) is 0 Å². The van der Waals surface area contributed by atoms with E-state index in [4.69, 9.17) is 11.6 Å². The normalized spacial score (nSPS) is 18.5. The lowest BCUT2D eigenvalue weighted by molar-refractivity contribution is 0.0643. The maximum Gasteiger partial charge on any atom is 0.256 e. The van der Waals surface area contributed by atoms with Crippen molar-refractivity contribution in [1.82, 2.24) is 14.5 Å². The number of H-pyrrole nitrogens is 1. The highest BCUT2D eigenvalue weighted by Gasteiger charge is 2.30. The van der Waals surface area contributed by atoms with Gasteiger partial charge >= 0.3 is 0 Å². The number of hydrogen-bond donors (Lipinski definition) is 1. The Bertz CT molecular complexity index is 628. The first kappa shape index (κ1) is 12.4. The summed E-state index contributed by atoms with van der Waals surface area (Å²) in [6.07, 6.45) is 3.62. The molecule has 1 unspecified atom stereocenters. The number of aryl methyl sites for hydroxylation is 1. The molecule has 4 nitrogen and oxygen atoms in total. The lowest BCUT2D eigenvalue weighted by Gasteiger charge is -2.35. The Balaban J connectivity index is 1.92. The molecule has 0 saturated carbocycles. The Hall–Kier alpha value is -1.68. The van der Waals surface area contributed by atoms with Crippen LogP contribution in [0.1, 0.15) is 34.6 Å². The Morgan fingerprint density at radius 3 is 2.84 bits per heavy atom. The first-order valence-corrected chi connectivity index (χ1v) is 6.76. The third kappa shape index (κ3) is 1.87. The maximum absolute atomic E-state index is 12.6. The number of aromatic amines is 1. The van der Waals surface area contributed by atoms with E-state index in [1.807, 2.05) is 37.1 Å². The average Bonchev–Trinajstić information content (AvgIpc) is 2.97. The Morgan fingerprint density at radius 2 is 2.16 bits per heavy atom. The molecule has 2 aromatic rings. The molecule has 3 rings (SSSR count). The molecule has 2 aromatic heterocycles. The molecule has 100 valence electrons. The third-order valence-electron chi connectivity index (χ3n) is 3.86. The van der Waals surface area contributed by atoms with Crippen LogP contribution < -0.4 is 0 Å². The van der Waals surface area contributed by atoms with Crippen molar-refractivity contribution in [2.45, 2.75) is 26.4 Å². The van der Waals surface area contributed by atoms with Gasteiger partial charge in [0.1, 0.15) is 5.15 Å². The number of fused-ring (bicyclic) bond motifs is 1. The second-order valence-corrected chi connectivity index (χ2v) is 5.35. The van der Waals surface area contributed by atoms with Crippen molar-refractivity contribution in [2.24, 2.45) is 0 Å². The van der Waals surface area contributed by atoms with Gasteiger partial charge in [0.05, 0.1) is 11.6 Å². The second-order valence-electron chi connectivity index (χ2n) is 4.96. The monoisotopic (exact) mass is 277 g/mol. The van der Waals surface area contributed by atoms with Crippen molar-refractivity contribution in [2.75, 3.05) is 6.54 Å². The van der Waals surface area contributed by atoms with Crippen LogP contribution in [0.15, 0.2) is 24.5 Å². The van der Waals surface area contributed by atoms with Crippen molar-refractivity contribution in [3.05, 3.63) is 46.5 Å². The molecule has 1 aliphatic heterocycles. The number of amides is 1. The Morgan fingerprint density at radius 1 is 1.37 bits per heavy atom. The van der Waals surface area contributed by atoms with E-state index in [-0.39, 0.29) is 11.9 Å². The van der Waals surface area contributed by atoms with E-state index in [0.29, 0.717) is 6.54 Å². The summed E-state index contributed by atoms with van der Waals surface area (Å²) in [5.74, 6) is 0.0785. The molecule has 0 aliphatic carbocycles. The zero-order valence-corrected chi connectivity index (χ0v) is 11.7. The fourth-order valence-electron chi connectivity index (χ4n) is 2.72. The number of aromatic nitrogens is 2. The third-order valence-corrected chi connectivity index (χ3v) is 4.19. The summed E-state index contributed by atoms with van der Waals surface area (Å²) in [6, 6.07) is 3.93. The number of carbonyl (C=O) groups excluding carboxylic acids is 1. The molecule has 0 radical (unpaired) electrons. The van der Waals surface area contributed by atoms with Gasteiger partial charge in [-0.05, 0) is 31.5 Å². The van der Waals surface area contributed by atoms with Gasteiger partial charge in [-0.1, -0.05) is 11.6 Å². The minimum Gasteiger partial charge on any atom is -0.367 e. The fourth-order valence-corrected chi connectivity index (χ4v) is 2.97. The van der Waals surface area contributed by atoms with E-state index < -0.39 is 0 Å². The molecule has 1 aliphatic rings. The topological polar surface area (TPSA) is 41.0 Å². The van der Waals surface area contributed by atoms with Crippen molar-refractivity contribution in [3.63, 3.8) is 0 Å². The van der Waals surface area contributed by atoms with Gasteiger partial charge in [0, 0.05) is 31.2 Å². The fraction of sp³-hybridized carbons (Fsp3) is 0.357. The second kappa shape index (κ2) is 4.46. The predicted octanol–water partition coefficient (Wildman–Crippen LogP) is 3.00. The molecule has 1 N–H and O–H groups in total. The summed E-state index contributed by atoms with van der Waals surface area (Å²) >= 11 is 6.13. The number of hydrogen-bond acceptors (Lipinski definition) is 1. The number of nitrogens with one attached hydrogen (secondary N) is 1. The zero-order valence-electron chi connectivity index (χ0n) is 11.0. The molecule has 1 atom stereocenters. The molecular weight excluding hydrogens is 262 g/mol. The van der Waals surface area contributed by atoms with E-state index in [1.54, 1.807) is 6.20 Å². The van der Waals surface area contributed by atoms with Gasteiger partial charge in [-0.25, -0.2) is 0 Å². The molecule has 0 spiro atoms. The van der Waals surface area contributed by atoms with Crippen LogP contribution in [-0.4, -0.2) is 26.9 Å². The average molecular weight is 278 g/mol. The van der Waals surface area contributed by atoms with Crippen molar-refractivity contribution in [1.29, 1.82) is 0 Å². The van der Waals surface area contributed by atoms with Gasteiger partial charge in [0.2, 0.25) is 0 Å². The minimum absolute atomic E-state index is 0.0445. The van der Waals surface area contributed by atoms with Crippen molar-refractivity contribution in [3.8, 4) is 0 Å². The van der Waals surface area contributed by atoms with E-state index in [2.05, 4.69) is 9.55 Å². The van der Waals surface area contributed by atoms with Crippen LogP contribution in [-0.2, 0) is 6.54 Å². The van der Waals surface area contributed by atoms with Crippen LogP contribution >= 0.6 is 11.6 Å². The Kier molecular flexibility index (Phi) is 2.90. The number of carbonyl (C=O) groups is 1. The van der Waals surface area contributed by atoms with Crippen LogP contribution in [0.2, 0.25) is 5.15 Å². The SMILES string of the molecule is Cc1c[nH]cc1C(=O)N1CCn2c(Cl)ccc2C1C. The van der Waals surface area contributed by atoms with Gasteiger partial charge in [0.15, 0.2) is 0 Å². The van der Waals surface area contributed by atoms with E-state index in [1.165, 1.54) is 0 Å². The summed E-state index contributed by atoms with van der Waals surface area (Å²) < 4.78 is 2.07. The lowest BCUT2D eigenvalue weighted by Crippen LogP contribution is -2.40. The molecule has 0 saturated heterocycles. The highest BCUT2D eigenvalue weighted by atomic mass is 35.5. The van der Waals surface area contributed by atoms with Gasteiger partial charge in [0.25, 0.3) is 5.91 Å². The first-order chi connectivity index (χ1) is 9.09. The minimum atomic E-state index is 0.0445. The maximum atomic E-state index is 12.6. The smallest absolute Gasteiger partial charge is 0.256 e. The van der Waals surface area contributed by atoms with Crippen LogP contribution in [0.25, 0.3) is 0 Å². The standard InChI is InChI=1S/C14H16ClN3O/c1-9-7-16-8-11(9)14(19)17-5-6-18-12(10(17)2)3-4-13(18)15/h3-4,7-8,10,16H,5-6H2,1-2H3. The molecule has 0 aromatic carbocycles. The van der Waals surface area contributed by atoms with Crippen molar-refractivity contribution >= 4 is 17.5 Å². The highest BCUT2D eigenvalue weighted by Crippen LogP contribution is 2.30. The largest absolute Gasteiger partial charge is 0.367 e. The highest BCUT2D eigenvalue weighted by molar-refractivity contribution is 6.29. The summed E-state index contributed by atoms with van der Waals surface area (Å²) in [5, 5.41) is 0.742.